The minimum atomic E-state index is -0.668. The number of likely N-dealkylation sites (N-methyl/N-ethyl adjacent to an activating group) is 2. The first-order chi connectivity index (χ1) is 10.9. The summed E-state index contributed by atoms with van der Waals surface area (Å²) in [6.07, 6.45) is 1.92. The molecule has 0 aromatic carbocycles. The molecule has 0 aliphatic heterocycles. The summed E-state index contributed by atoms with van der Waals surface area (Å²) in [6, 6.07) is -1.61. The van der Waals surface area contributed by atoms with Crippen LogP contribution in [0.4, 0.5) is 0 Å². The van der Waals surface area contributed by atoms with Crippen molar-refractivity contribution in [3.63, 3.8) is 0 Å². The highest BCUT2D eigenvalue weighted by atomic mass is 16.2. The van der Waals surface area contributed by atoms with Crippen LogP contribution in [0.15, 0.2) is 0 Å². The molecule has 3 atom stereocenters. The van der Waals surface area contributed by atoms with Crippen molar-refractivity contribution >= 4 is 18.1 Å². The van der Waals surface area contributed by atoms with E-state index in [4.69, 9.17) is 0 Å². The van der Waals surface area contributed by atoms with E-state index in [0.29, 0.717) is 0 Å². The number of carbonyl (C=O) groups is 2. The van der Waals surface area contributed by atoms with Gasteiger partial charge < -0.3 is 10.2 Å². The number of amides is 2. The molecule has 1 radical (unpaired) electrons. The predicted molar refractivity (Wildman–Crippen MR) is 96.2 cm³/mol. The summed E-state index contributed by atoms with van der Waals surface area (Å²) in [5, 5.41) is 2.88. The lowest BCUT2D eigenvalue weighted by molar-refractivity contribution is -0.139. The maximum Gasteiger partial charge on any atom is 0.245 e. The zero-order valence-electron chi connectivity index (χ0n) is 16.6. The fraction of sp³-hybridized carbons (Fsp3) is 0.833. The molecule has 0 unspecified atom stereocenters. The molecule has 0 aliphatic carbocycles. The first-order valence-corrected chi connectivity index (χ1v) is 8.56. The summed E-state index contributed by atoms with van der Waals surface area (Å²) in [7, 11) is 5.28. The molecule has 0 aromatic rings. The molecule has 0 heterocycles. The van der Waals surface area contributed by atoms with E-state index in [0.717, 1.165) is 0 Å². The highest BCUT2D eigenvalue weighted by Gasteiger charge is 2.34. The van der Waals surface area contributed by atoms with Gasteiger partial charge in [-0.3, -0.25) is 19.3 Å². The maximum absolute atomic E-state index is 12.8. The van der Waals surface area contributed by atoms with Crippen molar-refractivity contribution < 1.29 is 14.4 Å². The van der Waals surface area contributed by atoms with Crippen LogP contribution in [0, 0.1) is 17.8 Å². The molecule has 139 valence electrons. The molecule has 6 nitrogen and oxygen atoms in total. The first-order valence-electron chi connectivity index (χ1n) is 8.56. The Morgan fingerprint density at radius 3 is 1.67 bits per heavy atom. The topological polar surface area (TPSA) is 69.7 Å². The fourth-order valence-electron chi connectivity index (χ4n) is 2.90. The molecule has 0 rings (SSSR count). The molecule has 0 aliphatic rings. The lowest BCUT2D eigenvalue weighted by Crippen LogP contribution is -2.57. The normalized spacial score (nSPS) is 15.5. The van der Waals surface area contributed by atoms with Gasteiger partial charge in [0.15, 0.2) is 0 Å². The summed E-state index contributed by atoms with van der Waals surface area (Å²) in [6.45, 7) is 11.4. The molecule has 0 saturated carbocycles. The zero-order chi connectivity index (χ0) is 19.2. The Labute approximate surface area is 146 Å². The first kappa shape index (κ1) is 22.6. The monoisotopic (exact) mass is 340 g/mol. The van der Waals surface area contributed by atoms with Gasteiger partial charge in [0, 0.05) is 7.05 Å². The molecule has 2 amide bonds. The molecule has 0 saturated heterocycles. The van der Waals surface area contributed by atoms with Crippen molar-refractivity contribution in [2.45, 2.75) is 59.7 Å². The molecule has 0 aromatic heterocycles. The third kappa shape index (κ3) is 5.89. The lowest BCUT2D eigenvalue weighted by atomic mass is 9.97. The predicted octanol–water partition coefficient (Wildman–Crippen LogP) is 1.31. The summed E-state index contributed by atoms with van der Waals surface area (Å²) >= 11 is 0. The Morgan fingerprint density at radius 1 is 0.875 bits per heavy atom. The van der Waals surface area contributed by atoms with Gasteiger partial charge >= 0.3 is 0 Å². The van der Waals surface area contributed by atoms with Gasteiger partial charge in [0.2, 0.25) is 18.1 Å². The quantitative estimate of drug-likeness (QED) is 0.687. The van der Waals surface area contributed by atoms with Gasteiger partial charge in [-0.1, -0.05) is 41.5 Å². The molecule has 0 bridgehead atoms. The standard InChI is InChI=1S/C18H34N3O3/c1-11(2)14(10-22)21(9)18(24)15(12(3)4)19-17(23)16(13(5)6)20(7)8/h11-16H,1-9H3,(H,19,23)/t14-,15+,16+/m1/s1. The van der Waals surface area contributed by atoms with Gasteiger partial charge in [-0.2, -0.15) is 0 Å². The van der Waals surface area contributed by atoms with Crippen LogP contribution in [0.25, 0.3) is 0 Å². The van der Waals surface area contributed by atoms with E-state index < -0.39 is 12.1 Å². The van der Waals surface area contributed by atoms with Crippen LogP contribution in [0.1, 0.15) is 41.5 Å². The average Bonchev–Trinajstić information content (AvgIpc) is 2.42. The van der Waals surface area contributed by atoms with E-state index in [1.807, 2.05) is 66.8 Å². The van der Waals surface area contributed by atoms with E-state index in [1.165, 1.54) is 4.90 Å². The van der Waals surface area contributed by atoms with Crippen LogP contribution in [0.5, 0.6) is 0 Å². The fourth-order valence-corrected chi connectivity index (χ4v) is 2.90. The molecular weight excluding hydrogens is 306 g/mol. The van der Waals surface area contributed by atoms with Crippen LogP contribution in [0.2, 0.25) is 0 Å². The van der Waals surface area contributed by atoms with Gasteiger partial charge in [0.1, 0.15) is 12.1 Å². The highest BCUT2D eigenvalue weighted by Crippen LogP contribution is 2.14. The largest absolute Gasteiger partial charge is 0.343 e. The van der Waals surface area contributed by atoms with E-state index in [-0.39, 0.29) is 35.6 Å². The number of hydrogen-bond donors (Lipinski definition) is 1. The molecule has 1 N–H and O–H groups in total. The summed E-state index contributed by atoms with van der Waals surface area (Å²) < 4.78 is 0. The van der Waals surface area contributed by atoms with Gasteiger partial charge in [-0.05, 0) is 31.8 Å². The second kappa shape index (κ2) is 9.77. The molecule has 0 fully saturated rings. The summed E-state index contributed by atoms with van der Waals surface area (Å²) in [5.41, 5.74) is 0. The Bertz CT molecular complexity index is 425. The Kier molecular flexibility index (Phi) is 9.18. The Balaban J connectivity index is 5.33. The lowest BCUT2D eigenvalue weighted by Gasteiger charge is -2.34. The van der Waals surface area contributed by atoms with E-state index in [1.54, 1.807) is 7.05 Å². The highest BCUT2D eigenvalue weighted by molar-refractivity contribution is 5.91. The minimum Gasteiger partial charge on any atom is -0.343 e. The number of carbonyl (C=O) groups excluding carboxylic acids is 3. The molecule has 6 heteroatoms. The number of nitrogens with zero attached hydrogens (tertiary/aromatic N) is 2. The smallest absolute Gasteiger partial charge is 0.245 e. The van der Waals surface area contributed by atoms with Crippen molar-refractivity contribution in [2.24, 2.45) is 17.8 Å². The van der Waals surface area contributed by atoms with Crippen molar-refractivity contribution in [3.05, 3.63) is 0 Å². The van der Waals surface area contributed by atoms with Crippen molar-refractivity contribution in [2.75, 3.05) is 21.1 Å². The molecule has 24 heavy (non-hydrogen) atoms. The third-order valence-corrected chi connectivity index (χ3v) is 4.20. The molecular formula is C18H34N3O3. The Hall–Kier alpha value is -1.43. The zero-order valence-corrected chi connectivity index (χ0v) is 16.6. The average molecular weight is 340 g/mol. The third-order valence-electron chi connectivity index (χ3n) is 4.20. The minimum absolute atomic E-state index is 0.0369. The van der Waals surface area contributed by atoms with Crippen LogP contribution >= 0.6 is 0 Å². The Morgan fingerprint density at radius 2 is 1.38 bits per heavy atom. The second-order valence-corrected chi connectivity index (χ2v) is 7.64. The SMILES string of the molecule is CC(C)[C@H](NC(=O)[C@H](C(C)C)N(C)C)C(=O)N(C)[C@H]([C]=O)C(C)C. The second-order valence-electron chi connectivity index (χ2n) is 7.64. The van der Waals surface area contributed by atoms with Crippen LogP contribution in [-0.2, 0) is 14.4 Å². The summed E-state index contributed by atoms with van der Waals surface area (Å²) in [5.74, 6) is -0.441. The number of rotatable bonds is 9. The van der Waals surface area contributed by atoms with Gasteiger partial charge in [0.25, 0.3) is 0 Å². The molecule has 0 spiro atoms. The van der Waals surface area contributed by atoms with E-state index >= 15 is 0 Å². The van der Waals surface area contributed by atoms with Crippen molar-refractivity contribution in [3.8, 4) is 0 Å². The van der Waals surface area contributed by atoms with Crippen LogP contribution < -0.4 is 5.32 Å². The van der Waals surface area contributed by atoms with E-state index in [9.17, 15) is 14.4 Å². The van der Waals surface area contributed by atoms with Gasteiger partial charge in [-0.15, -0.1) is 0 Å². The van der Waals surface area contributed by atoms with Crippen molar-refractivity contribution in [1.29, 1.82) is 0 Å². The maximum atomic E-state index is 12.8. The summed E-state index contributed by atoms with van der Waals surface area (Å²) in [4.78, 5) is 39.9. The number of nitrogens with one attached hydrogen (secondary N) is 1. The number of hydrogen-bond acceptors (Lipinski definition) is 4. The van der Waals surface area contributed by atoms with Crippen molar-refractivity contribution in [1.82, 2.24) is 15.1 Å². The van der Waals surface area contributed by atoms with Crippen LogP contribution in [0.3, 0.4) is 0 Å². The van der Waals surface area contributed by atoms with Gasteiger partial charge in [0.05, 0.1) is 6.04 Å². The van der Waals surface area contributed by atoms with Gasteiger partial charge in [-0.25, -0.2) is 0 Å². The van der Waals surface area contributed by atoms with E-state index in [2.05, 4.69) is 5.32 Å². The van der Waals surface area contributed by atoms with Crippen LogP contribution in [-0.4, -0.2) is 67.2 Å².